The minimum absolute atomic E-state index is 0.00769. The molecular weight excluding hydrogens is 230 g/mol. The van der Waals surface area contributed by atoms with Crippen molar-refractivity contribution in [3.8, 4) is 0 Å². The van der Waals surface area contributed by atoms with Gasteiger partial charge in [-0.1, -0.05) is 6.07 Å². The second-order valence-electron chi connectivity index (χ2n) is 4.60. The summed E-state index contributed by atoms with van der Waals surface area (Å²) in [6.45, 7) is 4.39. The molecule has 96 valence electrons. The van der Waals surface area contributed by atoms with Gasteiger partial charge in [-0.25, -0.2) is 4.98 Å². The first kappa shape index (κ1) is 11.5. The lowest BCUT2D eigenvalue weighted by Crippen LogP contribution is -2.41. The molecule has 2 aromatic heterocycles. The third-order valence-corrected chi connectivity index (χ3v) is 3.30. The van der Waals surface area contributed by atoms with Gasteiger partial charge in [0, 0.05) is 19.3 Å². The highest BCUT2D eigenvalue weighted by atomic mass is 16.5. The first-order valence-electron chi connectivity index (χ1n) is 6.23. The number of aromatic nitrogens is 2. The highest BCUT2D eigenvalue weighted by Crippen LogP contribution is 2.23. The van der Waals surface area contributed by atoms with E-state index in [1.165, 1.54) is 0 Å². The molecule has 0 aliphatic carbocycles. The van der Waals surface area contributed by atoms with Crippen molar-refractivity contribution in [3.63, 3.8) is 0 Å². The van der Waals surface area contributed by atoms with Gasteiger partial charge in [0.05, 0.1) is 25.0 Å². The maximum Gasteiger partial charge on any atom is 0.153 e. The van der Waals surface area contributed by atoms with E-state index >= 15 is 0 Å². The van der Waals surface area contributed by atoms with Crippen molar-refractivity contribution in [1.82, 2.24) is 9.38 Å². The zero-order valence-corrected chi connectivity index (χ0v) is 10.4. The van der Waals surface area contributed by atoms with Crippen LogP contribution in [0.25, 0.3) is 5.65 Å². The van der Waals surface area contributed by atoms with Crippen molar-refractivity contribution in [2.24, 2.45) is 0 Å². The Morgan fingerprint density at radius 1 is 1.50 bits per heavy atom. The number of ether oxygens (including phenoxy) is 1. The Labute approximate surface area is 106 Å². The van der Waals surface area contributed by atoms with Crippen LogP contribution < -0.4 is 4.90 Å². The Hall–Kier alpha value is -1.59. The Morgan fingerprint density at radius 3 is 3.17 bits per heavy atom. The van der Waals surface area contributed by atoms with Crippen LogP contribution in [-0.4, -0.2) is 40.3 Å². The van der Waals surface area contributed by atoms with E-state index in [9.17, 15) is 5.11 Å². The van der Waals surface area contributed by atoms with Crippen LogP contribution in [-0.2, 0) is 11.3 Å². The van der Waals surface area contributed by atoms with Crippen molar-refractivity contribution in [2.75, 3.05) is 24.6 Å². The van der Waals surface area contributed by atoms with Gasteiger partial charge >= 0.3 is 0 Å². The van der Waals surface area contributed by atoms with E-state index in [1.807, 2.05) is 28.8 Å². The summed E-state index contributed by atoms with van der Waals surface area (Å²) in [5, 5.41) is 9.58. The molecule has 1 fully saturated rings. The molecule has 5 heteroatoms. The molecule has 5 nitrogen and oxygen atoms in total. The van der Waals surface area contributed by atoms with E-state index in [-0.39, 0.29) is 12.7 Å². The van der Waals surface area contributed by atoms with Gasteiger partial charge in [0.2, 0.25) is 0 Å². The molecule has 1 aliphatic rings. The number of aliphatic hydroxyl groups is 1. The minimum Gasteiger partial charge on any atom is -0.390 e. The second-order valence-corrected chi connectivity index (χ2v) is 4.60. The molecule has 3 rings (SSSR count). The van der Waals surface area contributed by atoms with Crippen molar-refractivity contribution < 1.29 is 9.84 Å². The molecule has 1 unspecified atom stereocenters. The van der Waals surface area contributed by atoms with Gasteiger partial charge in [0.25, 0.3) is 0 Å². The summed E-state index contributed by atoms with van der Waals surface area (Å²) in [5.41, 5.74) is 1.72. The zero-order valence-electron chi connectivity index (χ0n) is 10.4. The van der Waals surface area contributed by atoms with E-state index in [1.54, 1.807) is 0 Å². The normalized spacial score (nSPS) is 20.6. The van der Waals surface area contributed by atoms with Crippen LogP contribution in [0.2, 0.25) is 0 Å². The predicted molar refractivity (Wildman–Crippen MR) is 68.7 cm³/mol. The Morgan fingerprint density at radius 2 is 2.39 bits per heavy atom. The van der Waals surface area contributed by atoms with Crippen molar-refractivity contribution >= 4 is 11.5 Å². The van der Waals surface area contributed by atoms with Crippen LogP contribution in [0.1, 0.15) is 12.6 Å². The summed E-state index contributed by atoms with van der Waals surface area (Å²) >= 11 is 0. The van der Waals surface area contributed by atoms with Gasteiger partial charge in [-0.2, -0.15) is 0 Å². The monoisotopic (exact) mass is 247 g/mol. The summed E-state index contributed by atoms with van der Waals surface area (Å²) in [4.78, 5) is 6.80. The number of hydrogen-bond donors (Lipinski definition) is 1. The smallest absolute Gasteiger partial charge is 0.153 e. The van der Waals surface area contributed by atoms with Crippen molar-refractivity contribution in [1.29, 1.82) is 0 Å². The SMILES string of the molecule is CC1CN(c2nc3ccccn3c2CO)CCO1. The summed E-state index contributed by atoms with van der Waals surface area (Å²) in [6, 6.07) is 5.85. The highest BCUT2D eigenvalue weighted by molar-refractivity contribution is 5.56. The van der Waals surface area contributed by atoms with E-state index < -0.39 is 0 Å². The van der Waals surface area contributed by atoms with Crippen LogP contribution in [0.3, 0.4) is 0 Å². The van der Waals surface area contributed by atoms with Crippen LogP contribution in [0, 0.1) is 0 Å². The molecule has 1 saturated heterocycles. The zero-order chi connectivity index (χ0) is 12.5. The number of pyridine rings is 1. The fourth-order valence-electron chi connectivity index (χ4n) is 2.45. The third kappa shape index (κ3) is 1.85. The summed E-state index contributed by atoms with van der Waals surface area (Å²) < 4.78 is 7.48. The molecule has 0 aromatic carbocycles. The van der Waals surface area contributed by atoms with Crippen LogP contribution in [0.4, 0.5) is 5.82 Å². The van der Waals surface area contributed by atoms with Crippen molar-refractivity contribution in [2.45, 2.75) is 19.6 Å². The van der Waals surface area contributed by atoms with E-state index in [0.29, 0.717) is 6.61 Å². The largest absolute Gasteiger partial charge is 0.390 e. The number of rotatable bonds is 2. The number of hydrogen-bond acceptors (Lipinski definition) is 4. The molecule has 0 bridgehead atoms. The maximum absolute atomic E-state index is 9.58. The molecule has 1 aliphatic heterocycles. The standard InChI is InChI=1S/C13H17N3O2/c1-10-8-15(6-7-18-10)13-11(9-17)16-5-3-2-4-12(16)14-13/h2-5,10,17H,6-9H2,1H3. The number of fused-ring (bicyclic) bond motifs is 1. The number of anilines is 1. The van der Waals surface area contributed by atoms with Crippen LogP contribution in [0.15, 0.2) is 24.4 Å². The van der Waals surface area contributed by atoms with Gasteiger partial charge in [-0.05, 0) is 19.1 Å². The molecular formula is C13H17N3O2. The van der Waals surface area contributed by atoms with Gasteiger partial charge in [-0.3, -0.25) is 4.40 Å². The van der Waals surface area contributed by atoms with Gasteiger partial charge in [-0.15, -0.1) is 0 Å². The molecule has 0 spiro atoms. The topological polar surface area (TPSA) is 50.0 Å². The second kappa shape index (κ2) is 4.59. The molecule has 1 atom stereocenters. The number of nitrogens with zero attached hydrogens (tertiary/aromatic N) is 3. The molecule has 1 N–H and O–H groups in total. The fraction of sp³-hybridized carbons (Fsp3) is 0.462. The Kier molecular flexibility index (Phi) is 2.93. The molecule has 3 heterocycles. The molecule has 0 amide bonds. The fourth-order valence-corrected chi connectivity index (χ4v) is 2.45. The Bertz CT molecular complexity index is 552. The average Bonchev–Trinajstić information content (AvgIpc) is 2.77. The summed E-state index contributed by atoms with van der Waals surface area (Å²) in [7, 11) is 0. The third-order valence-electron chi connectivity index (χ3n) is 3.30. The summed E-state index contributed by atoms with van der Waals surface area (Å²) in [5.74, 6) is 0.874. The van der Waals surface area contributed by atoms with E-state index in [4.69, 9.17) is 4.74 Å². The Balaban J connectivity index is 2.05. The quantitative estimate of drug-likeness (QED) is 0.862. The molecule has 18 heavy (non-hydrogen) atoms. The first-order chi connectivity index (χ1) is 8.79. The van der Waals surface area contributed by atoms with E-state index in [0.717, 1.165) is 30.2 Å². The van der Waals surface area contributed by atoms with Gasteiger partial charge in [0.1, 0.15) is 5.65 Å². The van der Waals surface area contributed by atoms with Crippen molar-refractivity contribution in [3.05, 3.63) is 30.1 Å². The molecule has 0 saturated carbocycles. The number of imidazole rings is 1. The average molecular weight is 247 g/mol. The lowest BCUT2D eigenvalue weighted by molar-refractivity contribution is 0.0528. The predicted octanol–water partition coefficient (Wildman–Crippen LogP) is 1.05. The first-order valence-corrected chi connectivity index (χ1v) is 6.23. The van der Waals surface area contributed by atoms with Gasteiger partial charge < -0.3 is 14.7 Å². The van der Waals surface area contributed by atoms with Crippen LogP contribution >= 0.6 is 0 Å². The molecule has 2 aromatic rings. The van der Waals surface area contributed by atoms with Gasteiger partial charge in [0.15, 0.2) is 5.82 Å². The minimum atomic E-state index is -0.00769. The molecule has 0 radical (unpaired) electrons. The van der Waals surface area contributed by atoms with Crippen LogP contribution in [0.5, 0.6) is 0 Å². The lowest BCUT2D eigenvalue weighted by atomic mass is 10.3. The highest BCUT2D eigenvalue weighted by Gasteiger charge is 2.22. The summed E-state index contributed by atoms with van der Waals surface area (Å²) in [6.07, 6.45) is 2.14. The number of morpholine rings is 1. The lowest BCUT2D eigenvalue weighted by Gasteiger charge is -2.31. The van der Waals surface area contributed by atoms with E-state index in [2.05, 4.69) is 16.8 Å². The maximum atomic E-state index is 9.58. The number of aliphatic hydroxyl groups excluding tert-OH is 1.